The molecule has 0 aliphatic carbocycles. The number of carbonyl (C=O) groups excluding carboxylic acids is 3. The summed E-state index contributed by atoms with van der Waals surface area (Å²) in [6, 6.07) is 26.9. The summed E-state index contributed by atoms with van der Waals surface area (Å²) in [5.74, 6) is 0.0942. The van der Waals surface area contributed by atoms with E-state index in [4.69, 9.17) is 21.1 Å². The number of carbonyl (C=O) groups is 3. The first kappa shape index (κ1) is 35.2. The Morgan fingerprint density at radius 2 is 1.36 bits per heavy atom. The average molecular weight is 657 g/mol. The maximum Gasteiger partial charge on any atom is 0.343 e. The molecular weight excluding hydrogens is 616 g/mol. The van der Waals surface area contributed by atoms with Gasteiger partial charge in [-0.05, 0) is 96.8 Å². The van der Waals surface area contributed by atoms with Crippen LogP contribution >= 0.6 is 11.6 Å². The molecule has 0 fully saturated rings. The highest BCUT2D eigenvalue weighted by Crippen LogP contribution is 2.19. The van der Waals surface area contributed by atoms with Crippen molar-refractivity contribution in [1.29, 1.82) is 0 Å². The summed E-state index contributed by atoms with van der Waals surface area (Å²) in [5.41, 5.74) is 3.06. The number of amides is 2. The van der Waals surface area contributed by atoms with Gasteiger partial charge in [0.25, 0.3) is 5.91 Å². The number of ether oxygens (including phenoxy) is 2. The van der Waals surface area contributed by atoms with Crippen LogP contribution in [0.4, 0.5) is 5.69 Å². The first-order valence-electron chi connectivity index (χ1n) is 15.9. The van der Waals surface area contributed by atoms with E-state index in [0.29, 0.717) is 40.6 Å². The Balaban J connectivity index is 1.21. The SMILES string of the molecule is CCCCCCCOc1ccc(C(=O)Oc2ccc(CC(CO)NC(=O)c3ccc(NC(=O)Cc4ccc(Cl)cc4)cc3)cc2)cc1. The number of unbranched alkanes of at least 4 members (excludes halogenated alkanes) is 4. The van der Waals surface area contributed by atoms with Crippen LogP contribution in [0, 0.1) is 0 Å². The van der Waals surface area contributed by atoms with E-state index < -0.39 is 12.0 Å². The first-order chi connectivity index (χ1) is 22.8. The van der Waals surface area contributed by atoms with Crippen LogP contribution in [0.5, 0.6) is 11.5 Å². The number of aliphatic hydroxyl groups is 1. The smallest absolute Gasteiger partial charge is 0.343 e. The number of aliphatic hydroxyl groups excluding tert-OH is 1. The highest BCUT2D eigenvalue weighted by Gasteiger charge is 2.15. The van der Waals surface area contributed by atoms with Crippen LogP contribution < -0.4 is 20.1 Å². The van der Waals surface area contributed by atoms with Gasteiger partial charge in [0.05, 0.1) is 31.2 Å². The number of anilines is 1. The normalized spacial score (nSPS) is 11.4. The molecule has 0 heterocycles. The lowest BCUT2D eigenvalue weighted by Crippen LogP contribution is -2.39. The zero-order chi connectivity index (χ0) is 33.4. The summed E-state index contributed by atoms with van der Waals surface area (Å²) < 4.78 is 11.3. The van der Waals surface area contributed by atoms with Crippen molar-refractivity contribution in [2.24, 2.45) is 0 Å². The molecule has 0 spiro atoms. The lowest BCUT2D eigenvalue weighted by Gasteiger charge is -2.17. The quantitative estimate of drug-likeness (QED) is 0.0619. The highest BCUT2D eigenvalue weighted by atomic mass is 35.5. The number of halogens is 1. The molecule has 246 valence electrons. The molecule has 0 aliphatic rings. The summed E-state index contributed by atoms with van der Waals surface area (Å²) in [6.45, 7) is 2.58. The third kappa shape index (κ3) is 11.9. The molecule has 4 aromatic rings. The van der Waals surface area contributed by atoms with Crippen LogP contribution in [-0.4, -0.2) is 42.1 Å². The standard InChI is InChI=1S/C38H41ClN2O6/c1-2-3-4-5-6-23-46-34-21-13-30(14-22-34)38(45)47-35-19-9-27(10-20-35)24-33(26-42)41-37(44)29-11-17-32(18-12-29)40-36(43)25-28-7-15-31(39)16-8-28/h7-22,33,42H,2-6,23-26H2,1H3,(H,40,43)(H,41,44). The molecule has 0 saturated heterocycles. The Morgan fingerprint density at radius 1 is 0.745 bits per heavy atom. The zero-order valence-corrected chi connectivity index (χ0v) is 27.3. The van der Waals surface area contributed by atoms with Gasteiger partial charge < -0.3 is 25.2 Å². The van der Waals surface area contributed by atoms with Crippen molar-refractivity contribution in [3.8, 4) is 11.5 Å². The van der Waals surface area contributed by atoms with Crippen LogP contribution in [0.25, 0.3) is 0 Å². The van der Waals surface area contributed by atoms with E-state index in [0.717, 1.165) is 29.7 Å². The van der Waals surface area contributed by atoms with Gasteiger partial charge in [0.1, 0.15) is 11.5 Å². The number of rotatable bonds is 17. The lowest BCUT2D eigenvalue weighted by molar-refractivity contribution is -0.115. The zero-order valence-electron chi connectivity index (χ0n) is 26.5. The van der Waals surface area contributed by atoms with Gasteiger partial charge in [-0.25, -0.2) is 4.79 Å². The fraction of sp³-hybridized carbons (Fsp3) is 0.289. The molecule has 4 aromatic carbocycles. The topological polar surface area (TPSA) is 114 Å². The molecule has 1 unspecified atom stereocenters. The number of hydrogen-bond acceptors (Lipinski definition) is 6. The van der Waals surface area contributed by atoms with Crippen LogP contribution in [0.1, 0.15) is 70.9 Å². The Morgan fingerprint density at radius 3 is 2.02 bits per heavy atom. The fourth-order valence-electron chi connectivity index (χ4n) is 4.85. The maximum absolute atomic E-state index is 12.9. The van der Waals surface area contributed by atoms with E-state index in [1.807, 2.05) is 0 Å². The van der Waals surface area contributed by atoms with Crippen LogP contribution in [0.15, 0.2) is 97.1 Å². The monoisotopic (exact) mass is 656 g/mol. The van der Waals surface area contributed by atoms with Gasteiger partial charge in [-0.15, -0.1) is 0 Å². The number of hydrogen-bond donors (Lipinski definition) is 3. The average Bonchev–Trinajstić information content (AvgIpc) is 3.08. The molecule has 47 heavy (non-hydrogen) atoms. The Kier molecular flexibility index (Phi) is 13.8. The van der Waals surface area contributed by atoms with Crippen LogP contribution in [0.3, 0.4) is 0 Å². The largest absolute Gasteiger partial charge is 0.494 e. The van der Waals surface area contributed by atoms with Crippen molar-refractivity contribution in [3.05, 3.63) is 124 Å². The fourth-order valence-corrected chi connectivity index (χ4v) is 4.98. The summed E-state index contributed by atoms with van der Waals surface area (Å²) in [7, 11) is 0. The lowest BCUT2D eigenvalue weighted by atomic mass is 10.1. The molecule has 9 heteroatoms. The molecule has 1 atom stereocenters. The van der Waals surface area contributed by atoms with Crippen molar-refractivity contribution in [2.75, 3.05) is 18.5 Å². The Bertz CT molecular complexity index is 1570. The molecule has 0 saturated carbocycles. The molecule has 0 aromatic heterocycles. The minimum absolute atomic E-state index is 0.187. The van der Waals surface area contributed by atoms with Crippen molar-refractivity contribution in [1.82, 2.24) is 5.32 Å². The summed E-state index contributed by atoms with van der Waals surface area (Å²) >= 11 is 5.90. The number of esters is 1. The number of nitrogens with one attached hydrogen (secondary N) is 2. The van der Waals surface area contributed by atoms with Crippen LogP contribution in [-0.2, 0) is 17.6 Å². The molecule has 0 aliphatic heterocycles. The van der Waals surface area contributed by atoms with E-state index in [9.17, 15) is 19.5 Å². The Labute approximate surface area is 281 Å². The molecule has 8 nitrogen and oxygen atoms in total. The molecule has 3 N–H and O–H groups in total. The number of benzene rings is 4. The third-order valence-corrected chi connectivity index (χ3v) is 7.74. The molecular formula is C38H41ClN2O6. The van der Waals surface area contributed by atoms with E-state index in [1.54, 1.807) is 97.1 Å². The van der Waals surface area contributed by atoms with Crippen molar-refractivity contribution in [2.45, 2.75) is 57.9 Å². The molecule has 0 bridgehead atoms. The summed E-state index contributed by atoms with van der Waals surface area (Å²) in [5, 5.41) is 16.2. The van der Waals surface area contributed by atoms with E-state index >= 15 is 0 Å². The van der Waals surface area contributed by atoms with Crippen molar-refractivity contribution >= 4 is 35.1 Å². The van der Waals surface area contributed by atoms with E-state index in [-0.39, 0.29) is 24.8 Å². The highest BCUT2D eigenvalue weighted by molar-refractivity contribution is 6.30. The summed E-state index contributed by atoms with van der Waals surface area (Å²) in [6.07, 6.45) is 6.40. The van der Waals surface area contributed by atoms with Gasteiger partial charge in [-0.2, -0.15) is 0 Å². The first-order valence-corrected chi connectivity index (χ1v) is 16.3. The van der Waals surface area contributed by atoms with E-state index in [1.165, 1.54) is 19.3 Å². The van der Waals surface area contributed by atoms with Crippen molar-refractivity contribution in [3.63, 3.8) is 0 Å². The van der Waals surface area contributed by atoms with Gasteiger partial charge in [0.2, 0.25) is 5.91 Å². The molecule has 4 rings (SSSR count). The van der Waals surface area contributed by atoms with Gasteiger partial charge in [0, 0.05) is 16.3 Å². The third-order valence-electron chi connectivity index (χ3n) is 7.49. The van der Waals surface area contributed by atoms with E-state index in [2.05, 4.69) is 17.6 Å². The minimum atomic E-state index is -0.535. The predicted octanol–water partition coefficient (Wildman–Crippen LogP) is 7.42. The second kappa shape index (κ2) is 18.5. The van der Waals surface area contributed by atoms with Crippen molar-refractivity contribution < 1.29 is 29.0 Å². The van der Waals surface area contributed by atoms with Crippen LogP contribution in [0.2, 0.25) is 5.02 Å². The van der Waals surface area contributed by atoms with Gasteiger partial charge in [-0.1, -0.05) is 68.5 Å². The van der Waals surface area contributed by atoms with Gasteiger partial charge in [0.15, 0.2) is 0 Å². The second-order valence-electron chi connectivity index (χ2n) is 11.3. The minimum Gasteiger partial charge on any atom is -0.494 e. The Hall–Kier alpha value is -4.66. The predicted molar refractivity (Wildman–Crippen MR) is 184 cm³/mol. The van der Waals surface area contributed by atoms with Gasteiger partial charge >= 0.3 is 5.97 Å². The molecule has 2 amide bonds. The summed E-state index contributed by atoms with van der Waals surface area (Å²) in [4.78, 5) is 37.9. The second-order valence-corrected chi connectivity index (χ2v) is 11.7. The molecule has 0 radical (unpaired) electrons. The maximum atomic E-state index is 12.9. The van der Waals surface area contributed by atoms with Gasteiger partial charge in [-0.3, -0.25) is 9.59 Å².